The van der Waals surface area contributed by atoms with Crippen LogP contribution < -0.4 is 4.74 Å². The standard InChI is InChI=1S/C12H19NO2/c14-10-4-2-1-3-5-11-15-12-6-8-13-9-7-12/h6-9,14H,1-5,10-11H2. The van der Waals surface area contributed by atoms with E-state index in [1.807, 2.05) is 12.1 Å². The van der Waals surface area contributed by atoms with Crippen LogP contribution in [0.5, 0.6) is 5.75 Å². The number of aromatic nitrogens is 1. The van der Waals surface area contributed by atoms with Crippen LogP contribution in [0.2, 0.25) is 0 Å². The van der Waals surface area contributed by atoms with Crippen molar-refractivity contribution in [3.63, 3.8) is 0 Å². The molecule has 1 aromatic rings. The molecule has 0 aliphatic heterocycles. The van der Waals surface area contributed by atoms with E-state index in [2.05, 4.69) is 4.98 Å². The summed E-state index contributed by atoms with van der Waals surface area (Å²) in [6, 6.07) is 3.73. The second kappa shape index (κ2) is 8.24. The van der Waals surface area contributed by atoms with E-state index < -0.39 is 0 Å². The van der Waals surface area contributed by atoms with Gasteiger partial charge >= 0.3 is 0 Å². The normalized spacial score (nSPS) is 10.2. The van der Waals surface area contributed by atoms with Crippen molar-refractivity contribution in [1.29, 1.82) is 0 Å². The molecule has 0 bridgehead atoms. The highest BCUT2D eigenvalue weighted by atomic mass is 16.5. The highest BCUT2D eigenvalue weighted by molar-refractivity contribution is 5.16. The largest absolute Gasteiger partial charge is 0.493 e. The molecule has 0 unspecified atom stereocenters. The fourth-order valence-corrected chi connectivity index (χ4v) is 1.37. The Hall–Kier alpha value is -1.09. The molecule has 0 aliphatic rings. The summed E-state index contributed by atoms with van der Waals surface area (Å²) < 4.78 is 5.52. The molecule has 1 rings (SSSR count). The Morgan fingerprint density at radius 3 is 2.40 bits per heavy atom. The van der Waals surface area contributed by atoms with Gasteiger partial charge in [0.25, 0.3) is 0 Å². The second-order valence-electron chi connectivity index (χ2n) is 3.52. The van der Waals surface area contributed by atoms with Crippen LogP contribution in [-0.4, -0.2) is 23.3 Å². The van der Waals surface area contributed by atoms with Crippen LogP contribution in [0.15, 0.2) is 24.5 Å². The molecule has 0 saturated carbocycles. The fraction of sp³-hybridized carbons (Fsp3) is 0.583. The van der Waals surface area contributed by atoms with Crippen molar-refractivity contribution < 1.29 is 9.84 Å². The molecule has 3 nitrogen and oxygen atoms in total. The van der Waals surface area contributed by atoms with Crippen molar-refractivity contribution in [3.05, 3.63) is 24.5 Å². The zero-order valence-electron chi connectivity index (χ0n) is 9.06. The number of nitrogens with zero attached hydrogens (tertiary/aromatic N) is 1. The van der Waals surface area contributed by atoms with Crippen LogP contribution in [-0.2, 0) is 0 Å². The van der Waals surface area contributed by atoms with E-state index in [0.29, 0.717) is 6.61 Å². The lowest BCUT2D eigenvalue weighted by molar-refractivity contribution is 0.278. The number of hydrogen-bond acceptors (Lipinski definition) is 3. The number of rotatable bonds is 8. The number of pyridine rings is 1. The zero-order chi connectivity index (χ0) is 10.8. The SMILES string of the molecule is OCCCCCCCOc1ccncc1. The van der Waals surface area contributed by atoms with Crippen molar-refractivity contribution in [3.8, 4) is 5.75 Å². The van der Waals surface area contributed by atoms with Gasteiger partial charge in [0.15, 0.2) is 0 Å². The quantitative estimate of drug-likeness (QED) is 0.668. The molecule has 0 atom stereocenters. The maximum absolute atomic E-state index is 8.59. The highest BCUT2D eigenvalue weighted by Gasteiger charge is 1.93. The Kier molecular flexibility index (Phi) is 6.58. The summed E-state index contributed by atoms with van der Waals surface area (Å²) in [5, 5.41) is 8.59. The predicted molar refractivity (Wildman–Crippen MR) is 59.9 cm³/mol. The van der Waals surface area contributed by atoms with Gasteiger partial charge in [-0.1, -0.05) is 19.3 Å². The summed E-state index contributed by atoms with van der Waals surface area (Å²) in [7, 11) is 0. The third kappa shape index (κ3) is 6.07. The molecule has 1 heterocycles. The molecule has 15 heavy (non-hydrogen) atoms. The van der Waals surface area contributed by atoms with Crippen LogP contribution in [0.3, 0.4) is 0 Å². The molecule has 0 aromatic carbocycles. The van der Waals surface area contributed by atoms with Gasteiger partial charge < -0.3 is 9.84 Å². The van der Waals surface area contributed by atoms with Crippen molar-refractivity contribution >= 4 is 0 Å². The van der Waals surface area contributed by atoms with E-state index in [0.717, 1.165) is 31.6 Å². The zero-order valence-corrected chi connectivity index (χ0v) is 9.06. The molecule has 0 spiro atoms. The lowest BCUT2D eigenvalue weighted by atomic mass is 10.1. The summed E-state index contributed by atoms with van der Waals surface area (Å²) in [5.74, 6) is 0.889. The third-order valence-electron chi connectivity index (χ3n) is 2.22. The molecular weight excluding hydrogens is 190 g/mol. The molecule has 3 heteroatoms. The van der Waals surface area contributed by atoms with Crippen LogP contribution in [0, 0.1) is 0 Å². The van der Waals surface area contributed by atoms with Crippen molar-refractivity contribution in [2.45, 2.75) is 32.1 Å². The first-order chi connectivity index (χ1) is 7.43. The van der Waals surface area contributed by atoms with Gasteiger partial charge in [-0.15, -0.1) is 0 Å². The molecule has 0 amide bonds. The summed E-state index contributed by atoms with van der Waals surface area (Å²) in [6.45, 7) is 1.08. The van der Waals surface area contributed by atoms with Crippen LogP contribution >= 0.6 is 0 Å². The molecule has 0 saturated heterocycles. The Balaban J connectivity index is 1.93. The maximum atomic E-state index is 8.59. The second-order valence-corrected chi connectivity index (χ2v) is 3.52. The minimum atomic E-state index is 0.313. The number of hydrogen-bond donors (Lipinski definition) is 1. The Bertz CT molecular complexity index is 239. The highest BCUT2D eigenvalue weighted by Crippen LogP contribution is 2.08. The summed E-state index contributed by atoms with van der Waals surface area (Å²) >= 11 is 0. The topological polar surface area (TPSA) is 42.4 Å². The first kappa shape index (κ1) is 12.0. The number of ether oxygens (including phenoxy) is 1. The predicted octanol–water partition coefficient (Wildman–Crippen LogP) is 2.40. The molecule has 0 aliphatic carbocycles. The maximum Gasteiger partial charge on any atom is 0.122 e. The molecule has 84 valence electrons. The van der Waals surface area contributed by atoms with Gasteiger partial charge in [0.1, 0.15) is 5.75 Å². The average Bonchev–Trinajstić information content (AvgIpc) is 2.29. The first-order valence-corrected chi connectivity index (χ1v) is 5.57. The molecular formula is C12H19NO2. The van der Waals surface area contributed by atoms with Crippen LogP contribution in [0.25, 0.3) is 0 Å². The van der Waals surface area contributed by atoms with Gasteiger partial charge in [0.05, 0.1) is 6.61 Å². The van der Waals surface area contributed by atoms with Crippen molar-refractivity contribution in [2.75, 3.05) is 13.2 Å². The fourth-order valence-electron chi connectivity index (χ4n) is 1.37. The van der Waals surface area contributed by atoms with E-state index in [9.17, 15) is 0 Å². The third-order valence-corrected chi connectivity index (χ3v) is 2.22. The van der Waals surface area contributed by atoms with Crippen LogP contribution in [0.1, 0.15) is 32.1 Å². The molecule has 0 radical (unpaired) electrons. The van der Waals surface area contributed by atoms with Crippen molar-refractivity contribution in [2.24, 2.45) is 0 Å². The van der Waals surface area contributed by atoms with Crippen LogP contribution in [0.4, 0.5) is 0 Å². The van der Waals surface area contributed by atoms with E-state index in [1.165, 1.54) is 12.8 Å². The smallest absolute Gasteiger partial charge is 0.122 e. The Labute approximate surface area is 91.1 Å². The number of aliphatic hydroxyl groups is 1. The van der Waals surface area contributed by atoms with Gasteiger partial charge in [-0.3, -0.25) is 4.98 Å². The van der Waals surface area contributed by atoms with E-state index in [1.54, 1.807) is 12.4 Å². The lowest BCUT2D eigenvalue weighted by Crippen LogP contribution is -1.97. The van der Waals surface area contributed by atoms with Gasteiger partial charge in [-0.2, -0.15) is 0 Å². The Morgan fingerprint density at radius 2 is 1.67 bits per heavy atom. The average molecular weight is 209 g/mol. The van der Waals surface area contributed by atoms with Gasteiger partial charge in [-0.25, -0.2) is 0 Å². The summed E-state index contributed by atoms with van der Waals surface area (Å²) in [6.07, 6.45) is 8.93. The summed E-state index contributed by atoms with van der Waals surface area (Å²) in [4.78, 5) is 3.92. The van der Waals surface area contributed by atoms with Crippen molar-refractivity contribution in [1.82, 2.24) is 4.98 Å². The minimum absolute atomic E-state index is 0.313. The lowest BCUT2D eigenvalue weighted by Gasteiger charge is -2.04. The Morgan fingerprint density at radius 1 is 1.00 bits per heavy atom. The van der Waals surface area contributed by atoms with Gasteiger partial charge in [0, 0.05) is 19.0 Å². The number of unbranched alkanes of at least 4 members (excludes halogenated alkanes) is 4. The van der Waals surface area contributed by atoms with Gasteiger partial charge in [-0.05, 0) is 25.0 Å². The first-order valence-electron chi connectivity index (χ1n) is 5.57. The monoisotopic (exact) mass is 209 g/mol. The molecule has 1 aromatic heterocycles. The molecule has 1 N–H and O–H groups in total. The molecule has 0 fully saturated rings. The van der Waals surface area contributed by atoms with E-state index in [4.69, 9.17) is 9.84 Å². The van der Waals surface area contributed by atoms with E-state index in [-0.39, 0.29) is 0 Å². The minimum Gasteiger partial charge on any atom is -0.493 e. The van der Waals surface area contributed by atoms with Gasteiger partial charge in [0.2, 0.25) is 0 Å². The summed E-state index contributed by atoms with van der Waals surface area (Å²) in [5.41, 5.74) is 0. The number of aliphatic hydroxyl groups excluding tert-OH is 1. The van der Waals surface area contributed by atoms with E-state index >= 15 is 0 Å².